The van der Waals surface area contributed by atoms with Crippen LogP contribution in [0.1, 0.15) is 27.2 Å². The zero-order chi connectivity index (χ0) is 13.8. The minimum atomic E-state index is -4.63. The van der Waals surface area contributed by atoms with E-state index < -0.39 is 36.4 Å². The summed E-state index contributed by atoms with van der Waals surface area (Å²) in [5.41, 5.74) is 0. The van der Waals surface area contributed by atoms with E-state index in [2.05, 4.69) is 0 Å². The molecule has 0 aliphatic heterocycles. The highest BCUT2D eigenvalue weighted by molar-refractivity contribution is 5.84. The maximum atomic E-state index is 12.1. The largest absolute Gasteiger partial charge is 0.480 e. The molecule has 0 saturated heterocycles. The summed E-state index contributed by atoms with van der Waals surface area (Å²) in [7, 11) is 0. The van der Waals surface area contributed by atoms with E-state index in [1.807, 2.05) is 5.32 Å². The molecular formula is C10H16F3NO3. The molecule has 0 spiro atoms. The van der Waals surface area contributed by atoms with Gasteiger partial charge in [0.05, 0.1) is 6.42 Å². The first-order chi connectivity index (χ1) is 7.54. The fourth-order valence-electron chi connectivity index (χ4n) is 1.04. The van der Waals surface area contributed by atoms with Crippen LogP contribution < -0.4 is 5.32 Å². The van der Waals surface area contributed by atoms with Gasteiger partial charge in [0.2, 0.25) is 5.91 Å². The standard InChI is InChI=1S/C10H16F3NO3/c1-5(2)6(3)8(15)14-7(9(16)17)4-10(11,12)13/h5-7H,4H2,1-3H3,(H,14,15)(H,16,17). The molecular weight excluding hydrogens is 239 g/mol. The molecule has 4 nitrogen and oxygen atoms in total. The number of amides is 1. The number of aliphatic carboxylic acids is 1. The van der Waals surface area contributed by atoms with Crippen LogP contribution in [-0.2, 0) is 9.59 Å². The smallest absolute Gasteiger partial charge is 0.391 e. The van der Waals surface area contributed by atoms with Crippen LogP contribution in [0.2, 0.25) is 0 Å². The number of rotatable bonds is 5. The van der Waals surface area contributed by atoms with Gasteiger partial charge >= 0.3 is 12.1 Å². The van der Waals surface area contributed by atoms with Crippen molar-refractivity contribution in [2.75, 3.05) is 0 Å². The Labute approximate surface area is 97.2 Å². The Morgan fingerprint density at radius 3 is 2.00 bits per heavy atom. The van der Waals surface area contributed by atoms with Gasteiger partial charge < -0.3 is 10.4 Å². The second kappa shape index (κ2) is 5.88. The van der Waals surface area contributed by atoms with Crippen molar-refractivity contribution in [3.05, 3.63) is 0 Å². The minimum Gasteiger partial charge on any atom is -0.480 e. The van der Waals surface area contributed by atoms with Crippen molar-refractivity contribution in [1.82, 2.24) is 5.32 Å². The molecule has 17 heavy (non-hydrogen) atoms. The molecule has 100 valence electrons. The van der Waals surface area contributed by atoms with Crippen LogP contribution in [0.4, 0.5) is 13.2 Å². The Bertz CT molecular complexity index is 289. The topological polar surface area (TPSA) is 66.4 Å². The summed E-state index contributed by atoms with van der Waals surface area (Å²) in [6.07, 6.45) is -6.20. The summed E-state index contributed by atoms with van der Waals surface area (Å²) in [6, 6.07) is -1.93. The van der Waals surface area contributed by atoms with Gasteiger partial charge in [0.15, 0.2) is 0 Å². The number of carboxylic acid groups (broad SMARTS) is 1. The molecule has 1 amide bonds. The van der Waals surface area contributed by atoms with E-state index in [0.29, 0.717) is 0 Å². The Kier molecular flexibility index (Phi) is 5.44. The molecule has 0 aromatic rings. The third-order valence-electron chi connectivity index (χ3n) is 2.46. The summed E-state index contributed by atoms with van der Waals surface area (Å²) in [6.45, 7) is 4.99. The van der Waals surface area contributed by atoms with Crippen LogP contribution in [0.5, 0.6) is 0 Å². The Balaban J connectivity index is 4.57. The van der Waals surface area contributed by atoms with Gasteiger partial charge in [0.25, 0.3) is 0 Å². The third kappa shape index (κ3) is 6.13. The zero-order valence-corrected chi connectivity index (χ0v) is 9.84. The van der Waals surface area contributed by atoms with Crippen molar-refractivity contribution in [2.24, 2.45) is 11.8 Å². The van der Waals surface area contributed by atoms with E-state index in [-0.39, 0.29) is 5.92 Å². The van der Waals surface area contributed by atoms with Gasteiger partial charge in [-0.2, -0.15) is 13.2 Å². The zero-order valence-electron chi connectivity index (χ0n) is 9.84. The summed E-state index contributed by atoms with van der Waals surface area (Å²) in [5, 5.41) is 10.5. The van der Waals surface area contributed by atoms with Crippen molar-refractivity contribution in [1.29, 1.82) is 0 Å². The van der Waals surface area contributed by atoms with Gasteiger partial charge in [-0.1, -0.05) is 20.8 Å². The second-order valence-corrected chi connectivity index (χ2v) is 4.25. The van der Waals surface area contributed by atoms with Crippen LogP contribution in [0.25, 0.3) is 0 Å². The third-order valence-corrected chi connectivity index (χ3v) is 2.46. The maximum absolute atomic E-state index is 12.1. The first-order valence-electron chi connectivity index (χ1n) is 5.14. The number of carboxylic acids is 1. The van der Waals surface area contributed by atoms with Crippen LogP contribution in [0, 0.1) is 11.8 Å². The average Bonchev–Trinajstić information content (AvgIpc) is 2.12. The summed E-state index contributed by atoms with van der Waals surface area (Å²) in [4.78, 5) is 22.0. The molecule has 0 fully saturated rings. The van der Waals surface area contributed by atoms with Gasteiger partial charge in [-0.25, -0.2) is 4.79 Å². The fraction of sp³-hybridized carbons (Fsp3) is 0.800. The maximum Gasteiger partial charge on any atom is 0.391 e. The van der Waals surface area contributed by atoms with Gasteiger partial charge in [-0.15, -0.1) is 0 Å². The summed E-state index contributed by atoms with van der Waals surface area (Å²) in [5.74, 6) is -2.98. The quantitative estimate of drug-likeness (QED) is 0.787. The molecule has 0 aromatic carbocycles. The van der Waals surface area contributed by atoms with Gasteiger partial charge in [0.1, 0.15) is 6.04 Å². The van der Waals surface area contributed by atoms with Crippen LogP contribution in [0.15, 0.2) is 0 Å². The molecule has 0 radical (unpaired) electrons. The fourth-order valence-corrected chi connectivity index (χ4v) is 1.04. The number of carbonyl (C=O) groups is 2. The molecule has 7 heteroatoms. The predicted molar refractivity (Wildman–Crippen MR) is 54.2 cm³/mol. The predicted octanol–water partition coefficient (Wildman–Crippen LogP) is 1.80. The molecule has 2 N–H and O–H groups in total. The van der Waals surface area contributed by atoms with Crippen molar-refractivity contribution >= 4 is 11.9 Å². The molecule has 0 heterocycles. The van der Waals surface area contributed by atoms with E-state index in [0.717, 1.165) is 0 Å². The Morgan fingerprint density at radius 2 is 1.71 bits per heavy atom. The molecule has 0 rings (SSSR count). The number of hydrogen-bond donors (Lipinski definition) is 2. The van der Waals surface area contributed by atoms with Crippen molar-refractivity contribution in [3.8, 4) is 0 Å². The van der Waals surface area contributed by atoms with E-state index in [9.17, 15) is 22.8 Å². The summed E-state index contributed by atoms with van der Waals surface area (Å²) < 4.78 is 36.2. The number of halogens is 3. The Morgan fingerprint density at radius 1 is 1.24 bits per heavy atom. The number of hydrogen-bond acceptors (Lipinski definition) is 2. The lowest BCUT2D eigenvalue weighted by atomic mass is 9.97. The number of alkyl halides is 3. The monoisotopic (exact) mass is 255 g/mol. The van der Waals surface area contributed by atoms with Crippen molar-refractivity contribution < 1.29 is 27.9 Å². The number of nitrogens with one attached hydrogen (secondary N) is 1. The lowest BCUT2D eigenvalue weighted by molar-refractivity contribution is -0.160. The Hall–Kier alpha value is -1.27. The lowest BCUT2D eigenvalue weighted by Gasteiger charge is -2.20. The lowest BCUT2D eigenvalue weighted by Crippen LogP contribution is -2.46. The molecule has 0 saturated carbocycles. The van der Waals surface area contributed by atoms with Crippen LogP contribution in [0.3, 0.4) is 0 Å². The molecule has 0 aromatic heterocycles. The highest BCUT2D eigenvalue weighted by atomic mass is 19.4. The first kappa shape index (κ1) is 15.7. The SMILES string of the molecule is CC(C)C(C)C(=O)NC(CC(F)(F)F)C(=O)O. The van der Waals surface area contributed by atoms with E-state index in [1.54, 1.807) is 13.8 Å². The van der Waals surface area contributed by atoms with Gasteiger partial charge in [0, 0.05) is 5.92 Å². The molecule has 2 unspecified atom stereocenters. The van der Waals surface area contributed by atoms with Crippen molar-refractivity contribution in [2.45, 2.75) is 39.4 Å². The normalized spacial score (nSPS) is 15.5. The van der Waals surface area contributed by atoms with E-state index in [1.165, 1.54) is 6.92 Å². The average molecular weight is 255 g/mol. The van der Waals surface area contributed by atoms with Crippen LogP contribution in [-0.4, -0.2) is 29.2 Å². The van der Waals surface area contributed by atoms with Gasteiger partial charge in [-0.3, -0.25) is 4.79 Å². The van der Waals surface area contributed by atoms with E-state index in [4.69, 9.17) is 5.11 Å². The van der Waals surface area contributed by atoms with Gasteiger partial charge in [-0.05, 0) is 5.92 Å². The highest BCUT2D eigenvalue weighted by Crippen LogP contribution is 2.22. The highest BCUT2D eigenvalue weighted by Gasteiger charge is 2.36. The van der Waals surface area contributed by atoms with Crippen LogP contribution >= 0.6 is 0 Å². The first-order valence-corrected chi connectivity index (χ1v) is 5.14. The molecule has 0 aliphatic rings. The van der Waals surface area contributed by atoms with E-state index >= 15 is 0 Å². The van der Waals surface area contributed by atoms with Crippen molar-refractivity contribution in [3.63, 3.8) is 0 Å². The molecule has 0 bridgehead atoms. The second-order valence-electron chi connectivity index (χ2n) is 4.25. The molecule has 0 aliphatic carbocycles. The summed E-state index contributed by atoms with van der Waals surface area (Å²) >= 11 is 0. The molecule has 2 atom stereocenters. The minimum absolute atomic E-state index is 0.0738. The number of carbonyl (C=O) groups excluding carboxylic acids is 1.